The maximum Gasteiger partial charge on any atom is 0.356 e. The standard InChI is InChI=1S/C25H24BrClN6O2/c26-21-14-30-33-23(29-13-18-3-1-9-28-12-18)11-22(31-24(21)33)20-4-2-10-32(16-20)15-17-5-7-19(8-6-17)25(34)35-27/h1,3,5-9,11-12,14,20,29H,2,4,10,13,15-16H2. The average Bonchev–Trinajstić information content (AvgIpc) is 3.28. The molecular weight excluding hydrogens is 532 g/mol. The van der Waals surface area contributed by atoms with Gasteiger partial charge in [-0.15, -0.1) is 0 Å². The Bertz CT molecular complexity index is 1320. The van der Waals surface area contributed by atoms with Gasteiger partial charge >= 0.3 is 5.97 Å². The summed E-state index contributed by atoms with van der Waals surface area (Å²) in [5.74, 6) is 0.662. The van der Waals surface area contributed by atoms with Gasteiger partial charge in [0.2, 0.25) is 0 Å². The van der Waals surface area contributed by atoms with Crippen LogP contribution < -0.4 is 5.32 Å². The van der Waals surface area contributed by atoms with Crippen LogP contribution >= 0.6 is 27.8 Å². The first-order valence-electron chi connectivity index (χ1n) is 11.4. The summed E-state index contributed by atoms with van der Waals surface area (Å²) in [6, 6.07) is 13.5. The first-order chi connectivity index (χ1) is 17.1. The van der Waals surface area contributed by atoms with Crippen molar-refractivity contribution in [2.45, 2.75) is 31.8 Å². The first-order valence-corrected chi connectivity index (χ1v) is 12.5. The molecule has 4 heterocycles. The third-order valence-electron chi connectivity index (χ3n) is 6.23. The van der Waals surface area contributed by atoms with E-state index in [-0.39, 0.29) is 0 Å². The number of aromatic nitrogens is 4. The molecular formula is C25H24BrClN6O2. The van der Waals surface area contributed by atoms with Gasteiger partial charge in [-0.1, -0.05) is 18.2 Å². The lowest BCUT2D eigenvalue weighted by Crippen LogP contribution is -2.34. The normalized spacial score (nSPS) is 16.3. The number of nitrogens with one attached hydrogen (secondary N) is 1. The molecule has 4 aromatic rings. The van der Waals surface area contributed by atoms with Crippen molar-refractivity contribution in [1.82, 2.24) is 24.5 Å². The highest BCUT2D eigenvalue weighted by Gasteiger charge is 2.24. The number of fused-ring (bicyclic) bond motifs is 1. The lowest BCUT2D eigenvalue weighted by Gasteiger charge is -2.32. The SMILES string of the molecule is O=C(OCl)c1ccc(CN2CCCC(c3cc(NCc4cccnc4)n4ncc(Br)c4n3)C2)cc1. The number of hydrogen-bond acceptors (Lipinski definition) is 7. The van der Waals surface area contributed by atoms with E-state index in [4.69, 9.17) is 16.9 Å². The molecule has 0 radical (unpaired) electrons. The molecule has 5 rings (SSSR count). The van der Waals surface area contributed by atoms with Crippen molar-refractivity contribution in [3.05, 3.63) is 87.9 Å². The van der Waals surface area contributed by atoms with Crippen molar-refractivity contribution in [2.24, 2.45) is 0 Å². The second-order valence-electron chi connectivity index (χ2n) is 8.64. The summed E-state index contributed by atoms with van der Waals surface area (Å²) in [4.78, 5) is 23.2. The molecule has 35 heavy (non-hydrogen) atoms. The molecule has 1 saturated heterocycles. The van der Waals surface area contributed by atoms with E-state index in [0.717, 1.165) is 65.2 Å². The molecule has 1 N–H and O–H groups in total. The summed E-state index contributed by atoms with van der Waals surface area (Å²) in [6.07, 6.45) is 7.57. The van der Waals surface area contributed by atoms with Crippen molar-refractivity contribution < 1.29 is 9.08 Å². The van der Waals surface area contributed by atoms with E-state index in [1.165, 1.54) is 0 Å². The summed E-state index contributed by atoms with van der Waals surface area (Å²) >= 11 is 8.78. The second-order valence-corrected chi connectivity index (χ2v) is 9.65. The van der Waals surface area contributed by atoms with Crippen LogP contribution in [0.25, 0.3) is 5.65 Å². The highest BCUT2D eigenvalue weighted by Crippen LogP contribution is 2.30. The zero-order valence-corrected chi connectivity index (χ0v) is 21.2. The minimum absolute atomic E-state index is 0.306. The minimum Gasteiger partial charge on any atom is -0.366 e. The molecule has 3 aromatic heterocycles. The molecule has 1 atom stereocenters. The summed E-state index contributed by atoms with van der Waals surface area (Å²) in [6.45, 7) is 3.38. The molecule has 0 saturated carbocycles. The van der Waals surface area contributed by atoms with Gasteiger partial charge in [0, 0.05) is 44.0 Å². The van der Waals surface area contributed by atoms with Crippen molar-refractivity contribution in [3.8, 4) is 0 Å². The zero-order valence-electron chi connectivity index (χ0n) is 18.9. The number of hydrogen-bond donors (Lipinski definition) is 1. The second kappa shape index (κ2) is 10.7. The Morgan fingerprint density at radius 2 is 2.06 bits per heavy atom. The fourth-order valence-corrected chi connectivity index (χ4v) is 4.91. The molecule has 1 aliphatic rings. The van der Waals surface area contributed by atoms with Crippen molar-refractivity contribution in [2.75, 3.05) is 18.4 Å². The van der Waals surface area contributed by atoms with Crippen molar-refractivity contribution >= 4 is 45.2 Å². The zero-order chi connectivity index (χ0) is 24.2. The van der Waals surface area contributed by atoms with E-state index < -0.39 is 5.97 Å². The molecule has 1 aromatic carbocycles. The molecule has 8 nitrogen and oxygen atoms in total. The van der Waals surface area contributed by atoms with Crippen LogP contribution in [0.2, 0.25) is 0 Å². The third-order valence-corrected chi connectivity index (χ3v) is 6.93. The van der Waals surface area contributed by atoms with Crippen LogP contribution in [-0.2, 0) is 17.4 Å². The monoisotopic (exact) mass is 554 g/mol. The number of rotatable bonds is 7. The summed E-state index contributed by atoms with van der Waals surface area (Å²) in [7, 11) is 0. The predicted molar refractivity (Wildman–Crippen MR) is 137 cm³/mol. The molecule has 0 aliphatic carbocycles. The fraction of sp³-hybridized carbons (Fsp3) is 0.280. The van der Waals surface area contributed by atoms with E-state index >= 15 is 0 Å². The summed E-state index contributed by atoms with van der Waals surface area (Å²) in [5, 5.41) is 8.00. The number of benzene rings is 1. The van der Waals surface area contributed by atoms with Crippen molar-refractivity contribution in [3.63, 3.8) is 0 Å². The number of piperidine rings is 1. The maximum absolute atomic E-state index is 11.6. The summed E-state index contributed by atoms with van der Waals surface area (Å²) in [5.41, 5.74) is 4.53. The van der Waals surface area contributed by atoms with Gasteiger partial charge in [-0.05, 0) is 64.6 Å². The van der Waals surface area contributed by atoms with Crippen LogP contribution in [-0.4, -0.2) is 43.5 Å². The molecule has 0 amide bonds. The Morgan fingerprint density at radius 1 is 1.20 bits per heavy atom. The van der Waals surface area contributed by atoms with E-state index in [2.05, 4.69) is 46.6 Å². The maximum atomic E-state index is 11.6. The first kappa shape index (κ1) is 23.7. The number of carbonyl (C=O) groups excluding carboxylic acids is 1. The van der Waals surface area contributed by atoms with Gasteiger partial charge in [0.25, 0.3) is 0 Å². The lowest BCUT2D eigenvalue weighted by atomic mass is 9.94. The number of carbonyl (C=O) groups is 1. The molecule has 0 spiro atoms. The van der Waals surface area contributed by atoms with Crippen LogP contribution in [0.1, 0.15) is 45.9 Å². The van der Waals surface area contributed by atoms with Gasteiger partial charge < -0.3 is 9.61 Å². The van der Waals surface area contributed by atoms with Crippen LogP contribution in [0.5, 0.6) is 0 Å². The smallest absolute Gasteiger partial charge is 0.356 e. The average molecular weight is 556 g/mol. The van der Waals surface area contributed by atoms with E-state index in [0.29, 0.717) is 18.0 Å². The highest BCUT2D eigenvalue weighted by molar-refractivity contribution is 9.10. The minimum atomic E-state index is -0.545. The van der Waals surface area contributed by atoms with Gasteiger partial charge in [0.05, 0.1) is 21.9 Å². The number of anilines is 1. The van der Waals surface area contributed by atoms with Crippen molar-refractivity contribution in [1.29, 1.82) is 0 Å². The van der Waals surface area contributed by atoms with Crippen LogP contribution in [0, 0.1) is 0 Å². The number of halogens is 2. The molecule has 1 aliphatic heterocycles. The Balaban J connectivity index is 1.33. The number of pyridine rings is 1. The number of nitrogens with zero attached hydrogens (tertiary/aromatic N) is 5. The van der Waals surface area contributed by atoms with Gasteiger partial charge in [0.1, 0.15) is 17.7 Å². The topological polar surface area (TPSA) is 84.7 Å². The fourth-order valence-electron chi connectivity index (χ4n) is 4.47. The molecule has 0 bridgehead atoms. The number of likely N-dealkylation sites (tertiary alicyclic amines) is 1. The van der Waals surface area contributed by atoms with E-state index in [1.54, 1.807) is 24.5 Å². The van der Waals surface area contributed by atoms with Gasteiger partial charge in [0.15, 0.2) is 5.65 Å². The molecule has 10 heteroatoms. The lowest BCUT2D eigenvalue weighted by molar-refractivity contribution is 0.0751. The Morgan fingerprint density at radius 3 is 2.83 bits per heavy atom. The van der Waals surface area contributed by atoms with Gasteiger partial charge in [-0.25, -0.2) is 9.78 Å². The molecule has 1 unspecified atom stereocenters. The van der Waals surface area contributed by atoms with Crippen LogP contribution in [0.4, 0.5) is 5.82 Å². The van der Waals surface area contributed by atoms with Gasteiger partial charge in [-0.2, -0.15) is 9.61 Å². The van der Waals surface area contributed by atoms with Gasteiger partial charge in [-0.3, -0.25) is 9.88 Å². The van der Waals surface area contributed by atoms with Crippen LogP contribution in [0.3, 0.4) is 0 Å². The quantitative estimate of drug-likeness (QED) is 0.336. The largest absolute Gasteiger partial charge is 0.366 e. The third kappa shape index (κ3) is 5.47. The Labute approximate surface area is 216 Å². The van der Waals surface area contributed by atoms with Crippen LogP contribution in [0.15, 0.2) is 65.5 Å². The molecule has 1 fully saturated rings. The van der Waals surface area contributed by atoms with E-state index in [9.17, 15) is 4.79 Å². The van der Waals surface area contributed by atoms with E-state index in [1.807, 2.05) is 35.0 Å². The Hall–Kier alpha value is -3.01. The highest BCUT2D eigenvalue weighted by atomic mass is 79.9. The predicted octanol–water partition coefficient (Wildman–Crippen LogP) is 5.19. The molecule has 180 valence electrons. The Kier molecular flexibility index (Phi) is 7.26. The summed E-state index contributed by atoms with van der Waals surface area (Å²) < 4.78 is 6.97.